The second-order valence-electron chi connectivity index (χ2n) is 6.22. The van der Waals surface area contributed by atoms with Crippen LogP contribution in [0.15, 0.2) is 0 Å². The Morgan fingerprint density at radius 2 is 2.00 bits per heavy atom. The number of nitrogens with zero attached hydrogens (tertiary/aromatic N) is 1. The summed E-state index contributed by atoms with van der Waals surface area (Å²) in [4.78, 5) is 24.5. The third-order valence-electron chi connectivity index (χ3n) is 3.53. The lowest BCUT2D eigenvalue weighted by Gasteiger charge is -2.49. The molecular weight excluding hydrogens is 236 g/mol. The topological polar surface area (TPSA) is 78.9 Å². The van der Waals surface area contributed by atoms with Crippen LogP contribution in [0.25, 0.3) is 0 Å². The molecule has 0 radical (unpaired) electrons. The molecule has 102 valence electrons. The van der Waals surface area contributed by atoms with Crippen LogP contribution in [-0.2, 0) is 9.53 Å². The molecule has 1 spiro atoms. The Hall–Kier alpha value is -1.30. The van der Waals surface area contributed by atoms with Crippen LogP contribution in [0.1, 0.15) is 20.8 Å². The molecule has 0 saturated carbocycles. The SMILES string of the molecule is CC(C)(C)OC(=O)N1CC2(CNC[C@H]2C(=O)O)C1. The third kappa shape index (κ3) is 2.29. The quantitative estimate of drug-likeness (QED) is 0.715. The first-order valence-corrected chi connectivity index (χ1v) is 6.15. The van der Waals surface area contributed by atoms with E-state index in [0.29, 0.717) is 26.2 Å². The van der Waals surface area contributed by atoms with Crippen LogP contribution in [0.3, 0.4) is 0 Å². The third-order valence-corrected chi connectivity index (χ3v) is 3.53. The van der Waals surface area contributed by atoms with Crippen LogP contribution in [0.5, 0.6) is 0 Å². The predicted molar refractivity (Wildman–Crippen MR) is 64.2 cm³/mol. The van der Waals surface area contributed by atoms with Crippen molar-refractivity contribution in [2.45, 2.75) is 26.4 Å². The molecule has 2 N–H and O–H groups in total. The lowest BCUT2D eigenvalue weighted by Crippen LogP contribution is -2.63. The minimum Gasteiger partial charge on any atom is -0.481 e. The van der Waals surface area contributed by atoms with Crippen molar-refractivity contribution >= 4 is 12.1 Å². The maximum absolute atomic E-state index is 11.8. The molecule has 18 heavy (non-hydrogen) atoms. The number of aliphatic carboxylic acids is 1. The highest BCUT2D eigenvalue weighted by molar-refractivity contribution is 5.74. The Labute approximate surface area is 106 Å². The molecule has 2 aliphatic heterocycles. The van der Waals surface area contributed by atoms with Crippen LogP contribution in [0, 0.1) is 11.3 Å². The zero-order valence-corrected chi connectivity index (χ0v) is 11.0. The van der Waals surface area contributed by atoms with Gasteiger partial charge >= 0.3 is 12.1 Å². The number of likely N-dealkylation sites (tertiary alicyclic amines) is 1. The summed E-state index contributed by atoms with van der Waals surface area (Å²) >= 11 is 0. The van der Waals surface area contributed by atoms with Gasteiger partial charge < -0.3 is 20.1 Å². The van der Waals surface area contributed by atoms with E-state index < -0.39 is 17.5 Å². The normalized spacial score (nSPS) is 25.9. The highest BCUT2D eigenvalue weighted by atomic mass is 16.6. The molecule has 0 bridgehead atoms. The maximum Gasteiger partial charge on any atom is 0.410 e. The van der Waals surface area contributed by atoms with Gasteiger partial charge in [-0.1, -0.05) is 0 Å². The lowest BCUT2D eigenvalue weighted by molar-refractivity contribution is -0.149. The number of hydrogen-bond donors (Lipinski definition) is 2. The molecule has 1 atom stereocenters. The van der Waals surface area contributed by atoms with Gasteiger partial charge in [0.25, 0.3) is 0 Å². The number of rotatable bonds is 1. The molecule has 2 saturated heterocycles. The van der Waals surface area contributed by atoms with Gasteiger partial charge in [-0.3, -0.25) is 4.79 Å². The first-order chi connectivity index (χ1) is 8.23. The maximum atomic E-state index is 11.8. The molecule has 6 nitrogen and oxygen atoms in total. The smallest absolute Gasteiger partial charge is 0.410 e. The minimum atomic E-state index is -0.788. The van der Waals surface area contributed by atoms with E-state index in [0.717, 1.165) is 0 Å². The molecule has 1 amide bonds. The van der Waals surface area contributed by atoms with Gasteiger partial charge in [0.2, 0.25) is 0 Å². The summed E-state index contributed by atoms with van der Waals surface area (Å²) in [6.07, 6.45) is -0.357. The Bertz CT molecular complexity index is 369. The van der Waals surface area contributed by atoms with E-state index in [2.05, 4.69) is 5.32 Å². The lowest BCUT2D eigenvalue weighted by atomic mass is 9.72. The Morgan fingerprint density at radius 1 is 1.39 bits per heavy atom. The van der Waals surface area contributed by atoms with Gasteiger partial charge in [0, 0.05) is 31.6 Å². The van der Waals surface area contributed by atoms with Crippen molar-refractivity contribution in [2.75, 3.05) is 26.2 Å². The highest BCUT2D eigenvalue weighted by Gasteiger charge is 2.56. The van der Waals surface area contributed by atoms with Crippen LogP contribution in [0.2, 0.25) is 0 Å². The van der Waals surface area contributed by atoms with Crippen LogP contribution in [-0.4, -0.2) is 53.8 Å². The molecule has 2 rings (SSSR count). The second kappa shape index (κ2) is 4.12. The molecule has 0 aromatic rings. The molecule has 0 unspecified atom stereocenters. The molecule has 2 heterocycles. The Morgan fingerprint density at radius 3 is 2.50 bits per heavy atom. The molecule has 0 aromatic heterocycles. The second-order valence-corrected chi connectivity index (χ2v) is 6.22. The number of ether oxygens (including phenoxy) is 1. The first-order valence-electron chi connectivity index (χ1n) is 6.15. The monoisotopic (exact) mass is 256 g/mol. The fraction of sp³-hybridized carbons (Fsp3) is 0.833. The van der Waals surface area contributed by atoms with Crippen molar-refractivity contribution in [1.29, 1.82) is 0 Å². The summed E-state index contributed by atoms with van der Waals surface area (Å²) in [6.45, 7) is 7.52. The van der Waals surface area contributed by atoms with Gasteiger partial charge in [0.05, 0.1) is 5.92 Å². The minimum absolute atomic E-state index is 0.303. The van der Waals surface area contributed by atoms with Crippen molar-refractivity contribution in [3.63, 3.8) is 0 Å². The number of nitrogens with one attached hydrogen (secondary N) is 1. The predicted octanol–water partition coefficient (Wildman–Crippen LogP) is 0.527. The van der Waals surface area contributed by atoms with Gasteiger partial charge in [-0.2, -0.15) is 0 Å². The Kier molecular flexibility index (Phi) is 3.01. The zero-order valence-electron chi connectivity index (χ0n) is 11.0. The van der Waals surface area contributed by atoms with Crippen molar-refractivity contribution in [3.8, 4) is 0 Å². The van der Waals surface area contributed by atoms with Crippen molar-refractivity contribution in [3.05, 3.63) is 0 Å². The number of carboxylic acids is 1. The van der Waals surface area contributed by atoms with Gasteiger partial charge in [-0.05, 0) is 20.8 Å². The van der Waals surface area contributed by atoms with E-state index >= 15 is 0 Å². The highest BCUT2D eigenvalue weighted by Crippen LogP contribution is 2.41. The Balaban J connectivity index is 1.93. The van der Waals surface area contributed by atoms with E-state index in [1.807, 2.05) is 20.8 Å². The largest absolute Gasteiger partial charge is 0.481 e. The molecular formula is C12H20N2O4. The van der Waals surface area contributed by atoms with Gasteiger partial charge in [0.15, 0.2) is 0 Å². The fourth-order valence-corrected chi connectivity index (χ4v) is 2.66. The summed E-state index contributed by atoms with van der Waals surface area (Å²) in [5.41, 5.74) is -0.817. The molecule has 2 aliphatic rings. The number of carbonyl (C=O) groups excluding carboxylic acids is 1. The summed E-state index contributed by atoms with van der Waals surface area (Å²) < 4.78 is 5.26. The summed E-state index contributed by atoms with van der Waals surface area (Å²) in [6, 6.07) is 0. The van der Waals surface area contributed by atoms with Crippen LogP contribution < -0.4 is 5.32 Å². The van der Waals surface area contributed by atoms with Crippen LogP contribution in [0.4, 0.5) is 4.79 Å². The fourth-order valence-electron chi connectivity index (χ4n) is 2.66. The van der Waals surface area contributed by atoms with E-state index in [1.165, 1.54) is 0 Å². The van der Waals surface area contributed by atoms with E-state index in [9.17, 15) is 9.59 Å². The standard InChI is InChI=1S/C12H20N2O4/c1-11(2,3)18-10(17)14-6-12(7-14)5-13-4-8(12)9(15)16/h8,13H,4-7H2,1-3H3,(H,15,16)/t8-/m0/s1. The number of hydrogen-bond acceptors (Lipinski definition) is 4. The van der Waals surface area contributed by atoms with Crippen LogP contribution >= 0.6 is 0 Å². The molecule has 0 aromatic carbocycles. The van der Waals surface area contributed by atoms with Gasteiger partial charge in [0.1, 0.15) is 5.60 Å². The summed E-state index contributed by atoms with van der Waals surface area (Å²) in [5, 5.41) is 12.2. The van der Waals surface area contributed by atoms with Crippen molar-refractivity contribution in [2.24, 2.45) is 11.3 Å². The van der Waals surface area contributed by atoms with Crippen molar-refractivity contribution in [1.82, 2.24) is 10.2 Å². The van der Waals surface area contributed by atoms with E-state index in [-0.39, 0.29) is 11.5 Å². The number of amides is 1. The van der Waals surface area contributed by atoms with Gasteiger partial charge in [-0.15, -0.1) is 0 Å². The first kappa shape index (κ1) is 13.1. The van der Waals surface area contributed by atoms with Crippen molar-refractivity contribution < 1.29 is 19.4 Å². The summed E-state index contributed by atoms with van der Waals surface area (Å²) in [7, 11) is 0. The number of carboxylic acid groups (broad SMARTS) is 1. The summed E-state index contributed by atoms with van der Waals surface area (Å²) in [5.74, 6) is -1.19. The van der Waals surface area contributed by atoms with E-state index in [4.69, 9.17) is 9.84 Å². The van der Waals surface area contributed by atoms with Gasteiger partial charge in [-0.25, -0.2) is 4.79 Å². The number of carbonyl (C=O) groups is 2. The molecule has 0 aliphatic carbocycles. The zero-order chi connectivity index (χ0) is 13.6. The van der Waals surface area contributed by atoms with E-state index in [1.54, 1.807) is 4.90 Å². The molecule has 6 heteroatoms. The average molecular weight is 256 g/mol. The average Bonchev–Trinajstić information content (AvgIpc) is 2.55. The molecule has 2 fully saturated rings.